The SMILES string of the molecule is CC1(C)CCC(C)(C)c2cc(NC(=O)c3cccc(C=O)c3)ccc21. The summed E-state index contributed by atoms with van der Waals surface area (Å²) in [6.07, 6.45) is 3.04. The Morgan fingerprint density at radius 3 is 2.32 bits per heavy atom. The molecule has 0 atom stereocenters. The third kappa shape index (κ3) is 3.37. The van der Waals surface area contributed by atoms with E-state index in [4.69, 9.17) is 0 Å². The van der Waals surface area contributed by atoms with E-state index in [1.165, 1.54) is 11.1 Å². The average molecular weight is 335 g/mol. The van der Waals surface area contributed by atoms with E-state index in [0.29, 0.717) is 11.1 Å². The first-order valence-electron chi connectivity index (χ1n) is 8.75. The lowest BCUT2D eigenvalue weighted by Gasteiger charge is -2.42. The summed E-state index contributed by atoms with van der Waals surface area (Å²) < 4.78 is 0. The van der Waals surface area contributed by atoms with Crippen molar-refractivity contribution in [2.75, 3.05) is 5.32 Å². The highest BCUT2D eigenvalue weighted by atomic mass is 16.1. The van der Waals surface area contributed by atoms with Gasteiger partial charge in [-0.1, -0.05) is 45.9 Å². The van der Waals surface area contributed by atoms with Crippen molar-refractivity contribution in [1.82, 2.24) is 0 Å². The molecule has 0 aromatic heterocycles. The molecule has 1 N–H and O–H groups in total. The van der Waals surface area contributed by atoms with Crippen LogP contribution in [0.5, 0.6) is 0 Å². The number of carbonyl (C=O) groups excluding carboxylic acids is 2. The summed E-state index contributed by atoms with van der Waals surface area (Å²) in [4.78, 5) is 23.4. The second-order valence-corrected chi connectivity index (χ2v) is 8.23. The summed E-state index contributed by atoms with van der Waals surface area (Å²) in [5, 5.41) is 2.97. The molecule has 0 radical (unpaired) electrons. The van der Waals surface area contributed by atoms with Crippen LogP contribution in [0, 0.1) is 0 Å². The van der Waals surface area contributed by atoms with Crippen molar-refractivity contribution >= 4 is 17.9 Å². The largest absolute Gasteiger partial charge is 0.322 e. The number of carbonyl (C=O) groups is 2. The smallest absolute Gasteiger partial charge is 0.255 e. The zero-order valence-electron chi connectivity index (χ0n) is 15.3. The van der Waals surface area contributed by atoms with Crippen molar-refractivity contribution in [1.29, 1.82) is 0 Å². The Balaban J connectivity index is 1.92. The molecular formula is C22H25NO2. The molecule has 25 heavy (non-hydrogen) atoms. The number of nitrogens with one attached hydrogen (secondary N) is 1. The Morgan fingerprint density at radius 2 is 1.64 bits per heavy atom. The fourth-order valence-corrected chi connectivity index (χ4v) is 3.62. The van der Waals surface area contributed by atoms with Crippen molar-refractivity contribution in [3.63, 3.8) is 0 Å². The molecule has 0 saturated carbocycles. The van der Waals surface area contributed by atoms with E-state index in [1.54, 1.807) is 24.3 Å². The standard InChI is InChI=1S/C22H25NO2/c1-21(2)10-11-22(3,4)19-13-17(8-9-18(19)21)23-20(25)16-7-5-6-15(12-16)14-24/h5-9,12-14H,10-11H2,1-4H3,(H,23,25). The summed E-state index contributed by atoms with van der Waals surface area (Å²) in [7, 11) is 0. The lowest BCUT2D eigenvalue weighted by atomic mass is 9.63. The van der Waals surface area contributed by atoms with Gasteiger partial charge in [0.1, 0.15) is 6.29 Å². The fourth-order valence-electron chi connectivity index (χ4n) is 3.62. The first-order valence-corrected chi connectivity index (χ1v) is 8.75. The Bertz CT molecular complexity index is 834. The zero-order chi connectivity index (χ0) is 18.2. The Morgan fingerprint density at radius 1 is 0.960 bits per heavy atom. The lowest BCUT2D eigenvalue weighted by molar-refractivity contribution is 0.102. The van der Waals surface area contributed by atoms with E-state index in [1.807, 2.05) is 6.07 Å². The van der Waals surface area contributed by atoms with Crippen molar-refractivity contribution in [2.45, 2.75) is 51.4 Å². The van der Waals surface area contributed by atoms with Crippen molar-refractivity contribution in [2.24, 2.45) is 0 Å². The van der Waals surface area contributed by atoms with Crippen LogP contribution in [0.1, 0.15) is 72.4 Å². The summed E-state index contributed by atoms with van der Waals surface area (Å²) in [6.45, 7) is 9.09. The molecule has 0 heterocycles. The van der Waals surface area contributed by atoms with Gasteiger partial charge < -0.3 is 5.32 Å². The van der Waals surface area contributed by atoms with Crippen molar-refractivity contribution < 1.29 is 9.59 Å². The number of aldehydes is 1. The van der Waals surface area contributed by atoms with Crippen LogP contribution in [0.2, 0.25) is 0 Å². The summed E-state index contributed by atoms with van der Waals surface area (Å²) in [5.74, 6) is -0.198. The number of benzene rings is 2. The Kier molecular flexibility index (Phi) is 4.28. The maximum absolute atomic E-state index is 12.5. The quantitative estimate of drug-likeness (QED) is 0.793. The molecule has 0 unspecified atom stereocenters. The maximum atomic E-state index is 12.5. The van der Waals surface area contributed by atoms with Crippen LogP contribution in [0.15, 0.2) is 42.5 Å². The molecule has 0 saturated heterocycles. The molecular weight excluding hydrogens is 310 g/mol. The maximum Gasteiger partial charge on any atom is 0.255 e. The summed E-state index contributed by atoms with van der Waals surface area (Å²) >= 11 is 0. The molecule has 3 nitrogen and oxygen atoms in total. The second kappa shape index (κ2) is 6.14. The minimum Gasteiger partial charge on any atom is -0.322 e. The number of hydrogen-bond acceptors (Lipinski definition) is 2. The minimum atomic E-state index is -0.198. The van der Waals surface area contributed by atoms with Gasteiger partial charge in [-0.05, 0) is 59.1 Å². The number of rotatable bonds is 3. The van der Waals surface area contributed by atoms with Gasteiger partial charge in [-0.2, -0.15) is 0 Å². The molecule has 2 aromatic rings. The normalized spacial score (nSPS) is 17.4. The average Bonchev–Trinajstić information content (AvgIpc) is 2.59. The van der Waals surface area contributed by atoms with E-state index in [2.05, 4.69) is 45.1 Å². The third-order valence-electron chi connectivity index (χ3n) is 5.40. The van der Waals surface area contributed by atoms with Crippen LogP contribution in [-0.2, 0) is 10.8 Å². The van der Waals surface area contributed by atoms with E-state index in [9.17, 15) is 9.59 Å². The van der Waals surface area contributed by atoms with Crippen molar-refractivity contribution in [3.8, 4) is 0 Å². The second-order valence-electron chi connectivity index (χ2n) is 8.23. The molecule has 0 aliphatic heterocycles. The third-order valence-corrected chi connectivity index (χ3v) is 5.40. The van der Waals surface area contributed by atoms with Gasteiger partial charge in [-0.15, -0.1) is 0 Å². The molecule has 1 amide bonds. The molecule has 3 rings (SSSR count). The highest BCUT2D eigenvalue weighted by molar-refractivity contribution is 6.05. The van der Waals surface area contributed by atoms with Crippen LogP contribution in [-0.4, -0.2) is 12.2 Å². The van der Waals surface area contributed by atoms with Gasteiger partial charge in [0, 0.05) is 16.8 Å². The minimum absolute atomic E-state index is 0.100. The summed E-state index contributed by atoms with van der Waals surface area (Å²) in [6, 6.07) is 13.0. The molecule has 130 valence electrons. The predicted molar refractivity (Wildman–Crippen MR) is 102 cm³/mol. The molecule has 1 aliphatic carbocycles. The van der Waals surface area contributed by atoms with Crippen LogP contribution in [0.4, 0.5) is 5.69 Å². The molecule has 0 fully saturated rings. The molecule has 1 aliphatic rings. The van der Waals surface area contributed by atoms with E-state index in [-0.39, 0.29) is 16.7 Å². The number of hydrogen-bond donors (Lipinski definition) is 1. The first kappa shape index (κ1) is 17.4. The zero-order valence-corrected chi connectivity index (χ0v) is 15.3. The molecule has 2 aromatic carbocycles. The summed E-state index contributed by atoms with van der Waals surface area (Å²) in [5.41, 5.74) is 4.72. The van der Waals surface area contributed by atoms with Gasteiger partial charge >= 0.3 is 0 Å². The van der Waals surface area contributed by atoms with Gasteiger partial charge in [0.25, 0.3) is 5.91 Å². The van der Waals surface area contributed by atoms with E-state index in [0.717, 1.165) is 24.8 Å². The Labute approximate surface area is 149 Å². The van der Waals surface area contributed by atoms with Crippen LogP contribution >= 0.6 is 0 Å². The number of fused-ring (bicyclic) bond motifs is 1. The van der Waals surface area contributed by atoms with Crippen LogP contribution in [0.25, 0.3) is 0 Å². The predicted octanol–water partition coefficient (Wildman–Crippen LogP) is 5.10. The van der Waals surface area contributed by atoms with Gasteiger partial charge in [-0.25, -0.2) is 0 Å². The highest BCUT2D eigenvalue weighted by Gasteiger charge is 2.36. The highest BCUT2D eigenvalue weighted by Crippen LogP contribution is 2.46. The molecule has 0 bridgehead atoms. The topological polar surface area (TPSA) is 46.2 Å². The van der Waals surface area contributed by atoms with E-state index < -0.39 is 0 Å². The van der Waals surface area contributed by atoms with Gasteiger partial charge in [0.2, 0.25) is 0 Å². The Hall–Kier alpha value is -2.42. The molecule has 3 heteroatoms. The van der Waals surface area contributed by atoms with Crippen LogP contribution < -0.4 is 5.32 Å². The van der Waals surface area contributed by atoms with Gasteiger partial charge in [0.15, 0.2) is 0 Å². The fraction of sp³-hybridized carbons (Fsp3) is 0.364. The number of amides is 1. The van der Waals surface area contributed by atoms with E-state index >= 15 is 0 Å². The lowest BCUT2D eigenvalue weighted by Crippen LogP contribution is -2.33. The molecule has 0 spiro atoms. The first-order chi connectivity index (χ1) is 11.7. The van der Waals surface area contributed by atoms with Gasteiger partial charge in [0.05, 0.1) is 0 Å². The number of anilines is 1. The monoisotopic (exact) mass is 335 g/mol. The van der Waals surface area contributed by atoms with Gasteiger partial charge in [-0.3, -0.25) is 9.59 Å². The van der Waals surface area contributed by atoms with Crippen LogP contribution in [0.3, 0.4) is 0 Å². The van der Waals surface area contributed by atoms with Crippen molar-refractivity contribution in [3.05, 3.63) is 64.7 Å².